The van der Waals surface area contributed by atoms with Crippen molar-refractivity contribution in [3.05, 3.63) is 53.6 Å². The van der Waals surface area contributed by atoms with Gasteiger partial charge < -0.3 is 39.7 Å². The highest BCUT2D eigenvalue weighted by molar-refractivity contribution is 5.43. The first-order valence-electron chi connectivity index (χ1n) is 9.48. The third kappa shape index (κ3) is 4.03. The van der Waals surface area contributed by atoms with Crippen LogP contribution in [0.3, 0.4) is 0 Å². The lowest BCUT2D eigenvalue weighted by atomic mass is 9.90. The summed E-state index contributed by atoms with van der Waals surface area (Å²) in [6.45, 7) is -0.0198. The van der Waals surface area contributed by atoms with Gasteiger partial charge in [-0.3, -0.25) is 0 Å². The van der Waals surface area contributed by atoms with Crippen LogP contribution < -0.4 is 9.47 Å². The summed E-state index contributed by atoms with van der Waals surface area (Å²) >= 11 is 0. The third-order valence-corrected chi connectivity index (χ3v) is 5.41. The van der Waals surface area contributed by atoms with E-state index in [1.165, 1.54) is 0 Å². The Balaban J connectivity index is 1.42. The van der Waals surface area contributed by atoms with Crippen molar-refractivity contribution in [3.63, 3.8) is 0 Å². The summed E-state index contributed by atoms with van der Waals surface area (Å²) in [5.41, 5.74) is 2.07. The first kappa shape index (κ1) is 19.9. The summed E-state index contributed by atoms with van der Waals surface area (Å²) in [5.74, 6) is 1.44. The normalized spacial score (nSPS) is 31.6. The van der Waals surface area contributed by atoms with Crippen molar-refractivity contribution in [3.8, 4) is 17.2 Å². The maximum absolute atomic E-state index is 10.1. The van der Waals surface area contributed by atoms with Crippen LogP contribution in [0.1, 0.15) is 17.0 Å². The molecule has 1 saturated heterocycles. The van der Waals surface area contributed by atoms with Gasteiger partial charge in [0.15, 0.2) is 0 Å². The molecule has 5 N–H and O–H groups in total. The topological polar surface area (TPSA) is 129 Å². The second kappa shape index (κ2) is 8.17. The molecule has 3 unspecified atom stereocenters. The van der Waals surface area contributed by atoms with Crippen molar-refractivity contribution in [2.75, 3.05) is 13.2 Å². The molecule has 2 aromatic carbocycles. The summed E-state index contributed by atoms with van der Waals surface area (Å²) in [5, 5.41) is 48.6. The molecule has 0 spiro atoms. The van der Waals surface area contributed by atoms with Gasteiger partial charge in [0.1, 0.15) is 41.7 Å². The molecule has 0 bridgehead atoms. The van der Waals surface area contributed by atoms with E-state index in [1.54, 1.807) is 24.3 Å². The highest BCUT2D eigenvalue weighted by Gasteiger charge is 2.44. The molecule has 6 atom stereocenters. The van der Waals surface area contributed by atoms with Gasteiger partial charge in [0.05, 0.1) is 13.2 Å². The number of aliphatic hydroxyl groups is 4. The molecule has 8 nitrogen and oxygen atoms in total. The molecule has 0 radical (unpaired) electrons. The molecule has 2 aliphatic rings. The highest BCUT2D eigenvalue weighted by Crippen LogP contribution is 2.35. The molecule has 0 aliphatic carbocycles. The van der Waals surface area contributed by atoms with Crippen molar-refractivity contribution in [1.29, 1.82) is 0 Å². The Labute approximate surface area is 167 Å². The zero-order valence-corrected chi connectivity index (χ0v) is 15.6. The molecule has 2 heterocycles. The maximum atomic E-state index is 10.1. The predicted octanol–water partition coefficient (Wildman–Crippen LogP) is 0.290. The van der Waals surface area contributed by atoms with E-state index in [0.29, 0.717) is 18.1 Å². The largest absolute Gasteiger partial charge is 0.508 e. The maximum Gasteiger partial charge on any atom is 0.229 e. The Kier molecular flexibility index (Phi) is 5.62. The van der Waals surface area contributed by atoms with Gasteiger partial charge in [0, 0.05) is 12.0 Å². The summed E-state index contributed by atoms with van der Waals surface area (Å²) in [6.07, 6.45) is -5.81. The minimum atomic E-state index is -1.48. The minimum absolute atomic E-state index is 0.147. The molecule has 2 aromatic rings. The lowest BCUT2D eigenvalue weighted by molar-refractivity contribution is -0.277. The number of hydrogen-bond acceptors (Lipinski definition) is 8. The standard InChI is InChI=1S/C21H24O8/c22-9-17-18(24)19(25)20(26)21(29-17)28-15-5-2-11(3-6-15)13-7-12-1-4-14(23)8-16(12)27-10-13/h1-6,8,13,17-26H,7,9-10H2/t13-,17?,18+,19?,20?,21-/m0/s1. The summed E-state index contributed by atoms with van der Waals surface area (Å²) < 4.78 is 16.7. The number of phenols is 1. The van der Waals surface area contributed by atoms with Gasteiger partial charge in [-0.05, 0) is 35.7 Å². The zero-order chi connectivity index (χ0) is 20.5. The van der Waals surface area contributed by atoms with E-state index in [9.17, 15) is 25.5 Å². The SMILES string of the molecule is OCC1O[C@H](Oc2ccc([C@@H]3COc4cc(O)ccc4C3)cc2)C(O)C(O)[C@@H]1O. The van der Waals surface area contributed by atoms with E-state index in [1.807, 2.05) is 18.2 Å². The lowest BCUT2D eigenvalue weighted by Crippen LogP contribution is -2.60. The van der Waals surface area contributed by atoms with Crippen LogP contribution >= 0.6 is 0 Å². The van der Waals surface area contributed by atoms with E-state index in [2.05, 4.69) is 0 Å². The predicted molar refractivity (Wildman–Crippen MR) is 101 cm³/mol. The number of aromatic hydroxyl groups is 1. The Bertz CT molecular complexity index is 837. The van der Waals surface area contributed by atoms with Crippen LogP contribution in [0.5, 0.6) is 17.2 Å². The minimum Gasteiger partial charge on any atom is -0.508 e. The van der Waals surface area contributed by atoms with Crippen LogP contribution in [0.15, 0.2) is 42.5 Å². The van der Waals surface area contributed by atoms with Crippen molar-refractivity contribution in [2.45, 2.75) is 43.0 Å². The average molecular weight is 404 g/mol. The van der Waals surface area contributed by atoms with Gasteiger partial charge in [-0.25, -0.2) is 0 Å². The Morgan fingerprint density at radius 2 is 1.72 bits per heavy atom. The van der Waals surface area contributed by atoms with Crippen LogP contribution in [-0.2, 0) is 11.2 Å². The van der Waals surface area contributed by atoms with Gasteiger partial charge >= 0.3 is 0 Å². The van der Waals surface area contributed by atoms with Crippen molar-refractivity contribution >= 4 is 0 Å². The Morgan fingerprint density at radius 1 is 0.966 bits per heavy atom. The first-order chi connectivity index (χ1) is 14.0. The van der Waals surface area contributed by atoms with Crippen molar-refractivity contribution in [1.82, 2.24) is 0 Å². The monoisotopic (exact) mass is 404 g/mol. The molecule has 156 valence electrons. The van der Waals surface area contributed by atoms with Crippen LogP contribution in [0, 0.1) is 0 Å². The highest BCUT2D eigenvalue weighted by atomic mass is 16.7. The molecular formula is C21H24O8. The molecule has 2 aliphatic heterocycles. The van der Waals surface area contributed by atoms with Gasteiger partial charge in [0.25, 0.3) is 0 Å². The molecule has 0 saturated carbocycles. The molecule has 8 heteroatoms. The van der Waals surface area contributed by atoms with Gasteiger partial charge in [-0.1, -0.05) is 18.2 Å². The quantitative estimate of drug-likeness (QED) is 0.492. The molecule has 0 amide bonds. The van der Waals surface area contributed by atoms with E-state index in [0.717, 1.165) is 17.5 Å². The number of fused-ring (bicyclic) bond motifs is 1. The summed E-state index contributed by atoms with van der Waals surface area (Å²) in [4.78, 5) is 0. The zero-order valence-electron chi connectivity index (χ0n) is 15.6. The molecular weight excluding hydrogens is 380 g/mol. The first-order valence-corrected chi connectivity index (χ1v) is 9.48. The summed E-state index contributed by atoms with van der Waals surface area (Å²) in [6, 6.07) is 12.3. The number of aliphatic hydroxyl groups excluding tert-OH is 4. The Hall–Kier alpha value is -2.36. The van der Waals surface area contributed by atoms with E-state index in [-0.39, 0.29) is 11.7 Å². The van der Waals surface area contributed by atoms with Crippen LogP contribution in [-0.4, -0.2) is 69.5 Å². The van der Waals surface area contributed by atoms with Crippen molar-refractivity contribution in [2.24, 2.45) is 0 Å². The number of ether oxygens (including phenoxy) is 3. The molecule has 4 rings (SSSR count). The fourth-order valence-corrected chi connectivity index (χ4v) is 3.69. The smallest absolute Gasteiger partial charge is 0.229 e. The second-order valence-corrected chi connectivity index (χ2v) is 7.39. The van der Waals surface area contributed by atoms with E-state index < -0.39 is 37.3 Å². The molecule has 29 heavy (non-hydrogen) atoms. The number of hydrogen-bond donors (Lipinski definition) is 5. The van der Waals surface area contributed by atoms with Crippen LogP contribution in [0.4, 0.5) is 0 Å². The van der Waals surface area contributed by atoms with E-state index >= 15 is 0 Å². The van der Waals surface area contributed by atoms with Gasteiger partial charge in [-0.2, -0.15) is 0 Å². The fourth-order valence-electron chi connectivity index (χ4n) is 3.69. The Morgan fingerprint density at radius 3 is 2.45 bits per heavy atom. The number of rotatable bonds is 4. The van der Waals surface area contributed by atoms with E-state index in [4.69, 9.17) is 14.2 Å². The summed E-state index contributed by atoms with van der Waals surface area (Å²) in [7, 11) is 0. The molecule has 0 aromatic heterocycles. The van der Waals surface area contributed by atoms with Crippen LogP contribution in [0.25, 0.3) is 0 Å². The van der Waals surface area contributed by atoms with Crippen LogP contribution in [0.2, 0.25) is 0 Å². The van der Waals surface area contributed by atoms with Gasteiger partial charge in [0.2, 0.25) is 6.29 Å². The fraction of sp³-hybridized carbons (Fsp3) is 0.429. The number of benzene rings is 2. The second-order valence-electron chi connectivity index (χ2n) is 7.39. The molecule has 1 fully saturated rings. The third-order valence-electron chi connectivity index (χ3n) is 5.41. The number of phenolic OH excluding ortho intramolecular Hbond substituents is 1. The van der Waals surface area contributed by atoms with Crippen molar-refractivity contribution < 1.29 is 39.7 Å². The lowest BCUT2D eigenvalue weighted by Gasteiger charge is -2.39. The average Bonchev–Trinajstić information content (AvgIpc) is 2.74. The van der Waals surface area contributed by atoms with Gasteiger partial charge in [-0.15, -0.1) is 0 Å².